The maximum Gasteiger partial charge on any atom is 0.222 e. The number of hydrogen-bond acceptors (Lipinski definition) is 7. The fourth-order valence-corrected chi connectivity index (χ4v) is 3.25. The van der Waals surface area contributed by atoms with Crippen molar-refractivity contribution in [1.29, 1.82) is 0 Å². The second-order valence-corrected chi connectivity index (χ2v) is 7.80. The molecule has 0 fully saturated rings. The Morgan fingerprint density at radius 3 is 0.972 bits per heavy atom. The highest BCUT2D eigenvalue weighted by molar-refractivity contribution is 5.45. The Morgan fingerprint density at radius 1 is 0.361 bits per heavy atom. The van der Waals surface area contributed by atoms with E-state index in [-0.39, 0.29) is 0 Å². The van der Waals surface area contributed by atoms with Crippen LogP contribution in [0.15, 0.2) is 115 Å². The average Bonchev–Trinajstić information content (AvgIpc) is 2.89. The van der Waals surface area contributed by atoms with Crippen LogP contribution in [0.5, 0.6) is 46.3 Å². The third-order valence-corrected chi connectivity index (χ3v) is 5.02. The van der Waals surface area contributed by atoms with E-state index in [0.29, 0.717) is 57.6 Å². The second kappa shape index (κ2) is 10.4. The van der Waals surface area contributed by atoms with Crippen LogP contribution in [-0.4, -0.2) is 4.98 Å². The predicted molar refractivity (Wildman–Crippen MR) is 139 cm³/mol. The Labute approximate surface area is 208 Å². The van der Waals surface area contributed by atoms with Crippen LogP contribution in [0.1, 0.15) is 0 Å². The van der Waals surface area contributed by atoms with Gasteiger partial charge in [0.15, 0.2) is 0 Å². The minimum atomic E-state index is 0.406. The smallest absolute Gasteiger partial charge is 0.222 e. The summed E-state index contributed by atoms with van der Waals surface area (Å²) in [5.74, 6) is 4.82. The number of anilines is 2. The van der Waals surface area contributed by atoms with Crippen molar-refractivity contribution in [2.45, 2.75) is 0 Å². The molecule has 0 atom stereocenters. The van der Waals surface area contributed by atoms with Crippen LogP contribution in [0.4, 0.5) is 11.4 Å². The van der Waals surface area contributed by atoms with Crippen LogP contribution in [-0.2, 0) is 0 Å². The Balaban J connectivity index is 1.19. The van der Waals surface area contributed by atoms with E-state index in [2.05, 4.69) is 4.98 Å². The summed E-state index contributed by atoms with van der Waals surface area (Å²) < 4.78 is 23.4. The van der Waals surface area contributed by atoms with E-state index in [9.17, 15) is 0 Å². The van der Waals surface area contributed by atoms with Gasteiger partial charge in [0.2, 0.25) is 11.8 Å². The van der Waals surface area contributed by atoms with Gasteiger partial charge in [-0.05, 0) is 97.1 Å². The molecule has 5 rings (SSSR count). The number of nitrogens with zero attached hydrogens (tertiary/aromatic N) is 1. The summed E-state index contributed by atoms with van der Waals surface area (Å²) in [6.07, 6.45) is 0. The number of hydrogen-bond donors (Lipinski definition) is 2. The van der Waals surface area contributed by atoms with Gasteiger partial charge in [-0.1, -0.05) is 6.07 Å². The van der Waals surface area contributed by atoms with Crippen molar-refractivity contribution in [3.8, 4) is 46.3 Å². The molecule has 1 heterocycles. The maximum atomic E-state index is 5.88. The molecule has 178 valence electrons. The first-order valence-electron chi connectivity index (χ1n) is 11.2. The molecule has 4 N–H and O–H groups in total. The molecule has 7 heteroatoms. The number of benzene rings is 4. The van der Waals surface area contributed by atoms with Crippen LogP contribution < -0.4 is 30.4 Å². The summed E-state index contributed by atoms with van der Waals surface area (Å²) >= 11 is 0. The summed E-state index contributed by atoms with van der Waals surface area (Å²) in [5.41, 5.74) is 12.8. The Morgan fingerprint density at radius 2 is 0.639 bits per heavy atom. The van der Waals surface area contributed by atoms with Crippen LogP contribution in [0.25, 0.3) is 0 Å². The van der Waals surface area contributed by atoms with Crippen LogP contribution in [0, 0.1) is 0 Å². The zero-order valence-corrected chi connectivity index (χ0v) is 19.2. The summed E-state index contributed by atoms with van der Waals surface area (Å²) in [6, 6.07) is 34.3. The summed E-state index contributed by atoms with van der Waals surface area (Å²) in [4.78, 5) is 4.43. The molecule has 0 aliphatic rings. The molecule has 0 radical (unpaired) electrons. The van der Waals surface area contributed by atoms with Gasteiger partial charge in [0.05, 0.1) is 0 Å². The number of pyridine rings is 1. The first-order chi connectivity index (χ1) is 17.6. The molecule has 0 saturated heterocycles. The largest absolute Gasteiger partial charge is 0.457 e. The molecule has 0 aliphatic heterocycles. The van der Waals surface area contributed by atoms with Gasteiger partial charge in [-0.2, -0.15) is 4.98 Å². The minimum Gasteiger partial charge on any atom is -0.457 e. The van der Waals surface area contributed by atoms with E-state index in [1.165, 1.54) is 0 Å². The molecule has 0 bridgehead atoms. The summed E-state index contributed by atoms with van der Waals surface area (Å²) in [6.45, 7) is 0. The van der Waals surface area contributed by atoms with E-state index in [4.69, 9.17) is 30.4 Å². The van der Waals surface area contributed by atoms with Gasteiger partial charge < -0.3 is 30.4 Å². The van der Waals surface area contributed by atoms with Crippen molar-refractivity contribution < 1.29 is 18.9 Å². The number of nitrogens with two attached hydrogens (primary N) is 2. The molecule has 7 nitrogen and oxygen atoms in total. The molecule has 0 amide bonds. The van der Waals surface area contributed by atoms with Gasteiger partial charge in [0.25, 0.3) is 0 Å². The Hall–Kier alpha value is -5.17. The first-order valence-corrected chi connectivity index (χ1v) is 11.2. The zero-order chi connectivity index (χ0) is 24.7. The van der Waals surface area contributed by atoms with E-state index in [1.54, 1.807) is 36.4 Å². The van der Waals surface area contributed by atoms with Crippen molar-refractivity contribution in [3.05, 3.63) is 115 Å². The van der Waals surface area contributed by atoms with E-state index in [0.717, 1.165) is 0 Å². The Bertz CT molecular complexity index is 1310. The highest BCUT2D eigenvalue weighted by Crippen LogP contribution is 2.29. The normalized spacial score (nSPS) is 10.4. The highest BCUT2D eigenvalue weighted by Gasteiger charge is 2.05. The molecule has 1 aromatic heterocycles. The van der Waals surface area contributed by atoms with Crippen molar-refractivity contribution in [2.24, 2.45) is 0 Å². The van der Waals surface area contributed by atoms with E-state index < -0.39 is 0 Å². The third kappa shape index (κ3) is 6.03. The van der Waals surface area contributed by atoms with Gasteiger partial charge in [0.1, 0.15) is 34.5 Å². The lowest BCUT2D eigenvalue weighted by atomic mass is 10.3. The van der Waals surface area contributed by atoms with Crippen molar-refractivity contribution in [1.82, 2.24) is 4.98 Å². The number of nitrogen functional groups attached to an aromatic ring is 2. The zero-order valence-electron chi connectivity index (χ0n) is 19.2. The van der Waals surface area contributed by atoms with E-state index in [1.807, 2.05) is 78.9 Å². The number of aromatic nitrogens is 1. The van der Waals surface area contributed by atoms with Crippen LogP contribution in [0.3, 0.4) is 0 Å². The lowest BCUT2D eigenvalue weighted by Crippen LogP contribution is -1.92. The predicted octanol–water partition coefficient (Wildman–Crippen LogP) is 7.42. The second-order valence-electron chi connectivity index (χ2n) is 7.80. The van der Waals surface area contributed by atoms with Crippen molar-refractivity contribution in [2.75, 3.05) is 11.5 Å². The SMILES string of the molecule is Nc1ccc(Oc2ccc(Oc3cccc(Oc4ccc(Oc5ccc(N)cc5)cc4)n3)cc2)cc1. The molecule has 0 spiro atoms. The van der Waals surface area contributed by atoms with Gasteiger partial charge in [-0.3, -0.25) is 0 Å². The topological polar surface area (TPSA) is 102 Å². The molecule has 0 aliphatic carbocycles. The fraction of sp³-hybridized carbons (Fsp3) is 0. The Kier molecular flexibility index (Phi) is 6.53. The van der Waals surface area contributed by atoms with Gasteiger partial charge >= 0.3 is 0 Å². The molecular weight excluding hydrogens is 454 g/mol. The maximum absolute atomic E-state index is 5.88. The van der Waals surface area contributed by atoms with Crippen LogP contribution >= 0.6 is 0 Å². The minimum absolute atomic E-state index is 0.406. The molecular formula is C29H23N3O4. The standard InChI is InChI=1S/C29H23N3O4/c30-20-4-8-22(9-5-20)33-24-12-16-26(17-13-24)35-28-2-1-3-29(32-28)36-27-18-14-25(15-19-27)34-23-10-6-21(31)7-11-23/h1-19H,30-31H2. The fourth-order valence-electron chi connectivity index (χ4n) is 3.25. The number of rotatable bonds is 8. The molecule has 4 aromatic carbocycles. The molecule has 0 saturated carbocycles. The van der Waals surface area contributed by atoms with Crippen molar-refractivity contribution in [3.63, 3.8) is 0 Å². The lowest BCUT2D eigenvalue weighted by Gasteiger charge is -2.10. The number of ether oxygens (including phenoxy) is 4. The lowest BCUT2D eigenvalue weighted by molar-refractivity contribution is 0.424. The van der Waals surface area contributed by atoms with Crippen LogP contribution in [0.2, 0.25) is 0 Å². The summed E-state index contributed by atoms with van der Waals surface area (Å²) in [7, 11) is 0. The quantitative estimate of drug-likeness (QED) is 0.224. The molecule has 5 aromatic rings. The van der Waals surface area contributed by atoms with Gasteiger partial charge in [0, 0.05) is 23.5 Å². The average molecular weight is 478 g/mol. The summed E-state index contributed by atoms with van der Waals surface area (Å²) in [5, 5.41) is 0. The first kappa shape index (κ1) is 22.6. The van der Waals surface area contributed by atoms with Crippen molar-refractivity contribution >= 4 is 11.4 Å². The van der Waals surface area contributed by atoms with Gasteiger partial charge in [-0.15, -0.1) is 0 Å². The highest BCUT2D eigenvalue weighted by atomic mass is 16.5. The molecule has 0 unspecified atom stereocenters. The third-order valence-electron chi connectivity index (χ3n) is 5.02. The van der Waals surface area contributed by atoms with E-state index >= 15 is 0 Å². The monoisotopic (exact) mass is 477 g/mol. The molecule has 36 heavy (non-hydrogen) atoms. The van der Waals surface area contributed by atoms with Gasteiger partial charge in [-0.25, -0.2) is 0 Å².